The number of nitrogens with zero attached hydrogens (tertiary/aromatic N) is 2. The van der Waals surface area contributed by atoms with Gasteiger partial charge in [0.05, 0.1) is 0 Å². The molecule has 0 amide bonds. The Kier molecular flexibility index (Phi) is 5.61. The monoisotopic (exact) mass is 227 g/mol. The van der Waals surface area contributed by atoms with E-state index in [-0.39, 0.29) is 0 Å². The molecule has 0 aliphatic carbocycles. The van der Waals surface area contributed by atoms with E-state index in [1.807, 2.05) is 25.4 Å². The molecule has 4 heteroatoms. The van der Waals surface area contributed by atoms with Crippen LogP contribution in [0.3, 0.4) is 0 Å². The molecule has 1 heterocycles. The molecule has 1 aromatic heterocycles. The van der Waals surface area contributed by atoms with Crippen LogP contribution >= 0.6 is 11.6 Å². The van der Waals surface area contributed by atoms with Gasteiger partial charge in [-0.05, 0) is 45.2 Å². The third-order valence-corrected chi connectivity index (χ3v) is 2.43. The molecular weight excluding hydrogens is 210 g/mol. The Bertz CT molecular complexity index is 274. The second kappa shape index (κ2) is 6.77. The maximum absolute atomic E-state index is 5.72. The van der Waals surface area contributed by atoms with E-state index in [2.05, 4.69) is 22.2 Å². The van der Waals surface area contributed by atoms with Crippen LogP contribution in [0, 0.1) is 0 Å². The molecule has 0 saturated carbocycles. The van der Waals surface area contributed by atoms with Crippen molar-refractivity contribution in [3.63, 3.8) is 0 Å². The number of rotatable bonds is 6. The normalized spacial score (nSPS) is 10.9. The van der Waals surface area contributed by atoms with Gasteiger partial charge in [0.1, 0.15) is 5.15 Å². The number of hydrogen-bond donors (Lipinski definition) is 1. The van der Waals surface area contributed by atoms with Crippen molar-refractivity contribution in [1.82, 2.24) is 15.2 Å². The molecule has 0 fully saturated rings. The maximum atomic E-state index is 5.72. The largest absolute Gasteiger partial charge is 0.320 e. The van der Waals surface area contributed by atoms with Gasteiger partial charge >= 0.3 is 0 Å². The summed E-state index contributed by atoms with van der Waals surface area (Å²) < 4.78 is 0. The van der Waals surface area contributed by atoms with Crippen LogP contribution < -0.4 is 5.32 Å². The van der Waals surface area contributed by atoms with Crippen LogP contribution in [0.4, 0.5) is 0 Å². The highest BCUT2D eigenvalue weighted by Crippen LogP contribution is 2.07. The maximum Gasteiger partial charge on any atom is 0.129 e. The zero-order chi connectivity index (χ0) is 11.1. The molecule has 0 aliphatic rings. The van der Waals surface area contributed by atoms with Crippen LogP contribution in [0.2, 0.25) is 5.15 Å². The molecule has 0 radical (unpaired) electrons. The van der Waals surface area contributed by atoms with Crippen molar-refractivity contribution in [2.24, 2.45) is 0 Å². The Morgan fingerprint density at radius 3 is 2.87 bits per heavy atom. The Hall–Kier alpha value is -0.640. The number of halogens is 1. The van der Waals surface area contributed by atoms with Gasteiger partial charge < -0.3 is 10.2 Å². The number of pyridine rings is 1. The average molecular weight is 228 g/mol. The molecule has 1 aromatic rings. The molecule has 0 spiro atoms. The number of aromatic nitrogens is 1. The predicted octanol–water partition coefficient (Wildman–Crippen LogP) is 1.78. The zero-order valence-electron chi connectivity index (χ0n) is 9.33. The SMILES string of the molecule is CNCCCN(C)Cc1ccc(Cl)nc1. The number of hydrogen-bond acceptors (Lipinski definition) is 3. The smallest absolute Gasteiger partial charge is 0.129 e. The minimum atomic E-state index is 0.552. The van der Waals surface area contributed by atoms with Gasteiger partial charge in [0.2, 0.25) is 0 Å². The summed E-state index contributed by atoms with van der Waals surface area (Å²) in [5, 5.41) is 3.69. The van der Waals surface area contributed by atoms with Gasteiger partial charge in [-0.1, -0.05) is 17.7 Å². The highest BCUT2D eigenvalue weighted by molar-refractivity contribution is 6.29. The summed E-state index contributed by atoms with van der Waals surface area (Å²) >= 11 is 5.72. The third-order valence-electron chi connectivity index (χ3n) is 2.21. The van der Waals surface area contributed by atoms with Crippen molar-refractivity contribution in [2.45, 2.75) is 13.0 Å². The van der Waals surface area contributed by atoms with Crippen molar-refractivity contribution in [2.75, 3.05) is 27.2 Å². The Balaban J connectivity index is 2.31. The first-order valence-corrected chi connectivity index (χ1v) is 5.53. The van der Waals surface area contributed by atoms with E-state index in [1.165, 1.54) is 5.56 Å². The molecule has 0 atom stereocenters. The lowest BCUT2D eigenvalue weighted by Crippen LogP contribution is -2.22. The van der Waals surface area contributed by atoms with Crippen LogP contribution in [0.25, 0.3) is 0 Å². The average Bonchev–Trinajstić information content (AvgIpc) is 2.22. The second-order valence-corrected chi connectivity index (χ2v) is 4.07. The van der Waals surface area contributed by atoms with E-state index < -0.39 is 0 Å². The molecule has 0 aliphatic heterocycles. The molecule has 0 aromatic carbocycles. The van der Waals surface area contributed by atoms with Gasteiger partial charge in [-0.2, -0.15) is 0 Å². The summed E-state index contributed by atoms with van der Waals surface area (Å²) in [5.74, 6) is 0. The van der Waals surface area contributed by atoms with Crippen molar-refractivity contribution < 1.29 is 0 Å². The molecule has 3 nitrogen and oxygen atoms in total. The minimum Gasteiger partial charge on any atom is -0.320 e. The molecule has 0 unspecified atom stereocenters. The fraction of sp³-hybridized carbons (Fsp3) is 0.545. The first-order chi connectivity index (χ1) is 7.22. The standard InChI is InChI=1S/C11H18ClN3/c1-13-6-3-7-15(2)9-10-4-5-11(12)14-8-10/h4-5,8,13H,3,6-7,9H2,1-2H3. The van der Waals surface area contributed by atoms with Gasteiger partial charge in [-0.3, -0.25) is 0 Å². The van der Waals surface area contributed by atoms with E-state index in [0.29, 0.717) is 5.15 Å². The topological polar surface area (TPSA) is 28.2 Å². The number of nitrogens with one attached hydrogen (secondary N) is 1. The van der Waals surface area contributed by atoms with E-state index in [4.69, 9.17) is 11.6 Å². The van der Waals surface area contributed by atoms with Gasteiger partial charge in [0.15, 0.2) is 0 Å². The van der Waals surface area contributed by atoms with Crippen LogP contribution in [-0.4, -0.2) is 37.1 Å². The summed E-state index contributed by atoms with van der Waals surface area (Å²) in [6.45, 7) is 3.07. The van der Waals surface area contributed by atoms with Gasteiger partial charge in [-0.15, -0.1) is 0 Å². The quantitative estimate of drug-likeness (QED) is 0.593. The third kappa shape index (κ3) is 5.11. The van der Waals surface area contributed by atoms with Crippen LogP contribution in [0.1, 0.15) is 12.0 Å². The molecular formula is C11H18ClN3. The molecule has 1 rings (SSSR count). The Labute approximate surface area is 96.5 Å². The molecule has 0 bridgehead atoms. The lowest BCUT2D eigenvalue weighted by atomic mass is 10.2. The minimum absolute atomic E-state index is 0.552. The van der Waals surface area contributed by atoms with Gasteiger partial charge in [-0.25, -0.2) is 4.98 Å². The second-order valence-electron chi connectivity index (χ2n) is 3.68. The first-order valence-electron chi connectivity index (χ1n) is 5.16. The van der Waals surface area contributed by atoms with Crippen molar-refractivity contribution in [1.29, 1.82) is 0 Å². The summed E-state index contributed by atoms with van der Waals surface area (Å²) in [5.41, 5.74) is 1.20. The molecule has 1 N–H and O–H groups in total. The molecule has 84 valence electrons. The molecule has 0 saturated heterocycles. The van der Waals surface area contributed by atoms with Crippen LogP contribution in [-0.2, 0) is 6.54 Å². The first kappa shape index (κ1) is 12.4. The zero-order valence-corrected chi connectivity index (χ0v) is 10.1. The highest BCUT2D eigenvalue weighted by Gasteiger charge is 2.00. The van der Waals surface area contributed by atoms with E-state index in [1.54, 1.807) is 0 Å². The molecule has 15 heavy (non-hydrogen) atoms. The van der Waals surface area contributed by atoms with Crippen LogP contribution in [0.15, 0.2) is 18.3 Å². The summed E-state index contributed by atoms with van der Waals surface area (Å²) in [6, 6.07) is 3.85. The van der Waals surface area contributed by atoms with Gasteiger partial charge in [0, 0.05) is 12.7 Å². The van der Waals surface area contributed by atoms with Gasteiger partial charge in [0.25, 0.3) is 0 Å². The fourth-order valence-electron chi connectivity index (χ4n) is 1.42. The lowest BCUT2D eigenvalue weighted by molar-refractivity contribution is 0.321. The lowest BCUT2D eigenvalue weighted by Gasteiger charge is -2.16. The Morgan fingerprint density at radius 1 is 1.47 bits per heavy atom. The van der Waals surface area contributed by atoms with Crippen molar-refractivity contribution >= 4 is 11.6 Å². The summed E-state index contributed by atoms with van der Waals surface area (Å²) in [6.07, 6.45) is 2.99. The van der Waals surface area contributed by atoms with Crippen molar-refractivity contribution in [3.8, 4) is 0 Å². The summed E-state index contributed by atoms with van der Waals surface area (Å²) in [4.78, 5) is 6.34. The highest BCUT2D eigenvalue weighted by atomic mass is 35.5. The Morgan fingerprint density at radius 2 is 2.27 bits per heavy atom. The fourth-order valence-corrected chi connectivity index (χ4v) is 1.53. The van der Waals surface area contributed by atoms with Crippen molar-refractivity contribution in [3.05, 3.63) is 29.0 Å². The van der Waals surface area contributed by atoms with E-state index >= 15 is 0 Å². The summed E-state index contributed by atoms with van der Waals surface area (Å²) in [7, 11) is 4.09. The van der Waals surface area contributed by atoms with E-state index in [0.717, 1.165) is 26.1 Å². The van der Waals surface area contributed by atoms with Crippen LogP contribution in [0.5, 0.6) is 0 Å². The predicted molar refractivity (Wildman–Crippen MR) is 64.1 cm³/mol. The van der Waals surface area contributed by atoms with E-state index in [9.17, 15) is 0 Å².